The second-order valence-electron chi connectivity index (χ2n) is 5.76. The first-order valence-electron chi connectivity index (χ1n) is 7.51. The van der Waals surface area contributed by atoms with Crippen molar-refractivity contribution < 1.29 is 14.0 Å². The predicted octanol–water partition coefficient (Wildman–Crippen LogP) is 1.47. The van der Waals surface area contributed by atoms with Gasteiger partial charge in [0.05, 0.1) is 5.75 Å². The number of rotatable bonds is 6. The fourth-order valence-corrected chi connectivity index (χ4v) is 3.73. The lowest BCUT2D eigenvalue weighted by Crippen LogP contribution is -2.48. The second-order valence-corrected chi connectivity index (χ2v) is 6.82. The predicted molar refractivity (Wildman–Crippen MR) is 89.5 cm³/mol. The average molecular weight is 339 g/mol. The van der Waals surface area contributed by atoms with Gasteiger partial charge in [0.25, 0.3) is 0 Å². The molecule has 1 aromatic carbocycles. The topological polar surface area (TPSA) is 52.7 Å². The van der Waals surface area contributed by atoms with Gasteiger partial charge in [-0.25, -0.2) is 4.39 Å². The number of benzene rings is 1. The Labute approximate surface area is 140 Å². The summed E-state index contributed by atoms with van der Waals surface area (Å²) in [6, 6.07) is 5.75. The molecule has 2 unspecified atom stereocenters. The third-order valence-electron chi connectivity index (χ3n) is 3.73. The van der Waals surface area contributed by atoms with Crippen molar-refractivity contribution >= 4 is 23.6 Å². The molecule has 0 aliphatic carbocycles. The Kier molecular flexibility index (Phi) is 6.01. The maximum atomic E-state index is 14.0. The molecule has 1 heterocycles. The first-order chi connectivity index (χ1) is 10.9. The van der Waals surface area contributed by atoms with Gasteiger partial charge in [-0.2, -0.15) is 0 Å². The highest BCUT2D eigenvalue weighted by Crippen LogP contribution is 2.40. The molecule has 0 spiro atoms. The molecule has 7 heteroatoms. The fourth-order valence-electron chi connectivity index (χ4n) is 2.45. The Bertz CT molecular complexity index is 582. The first kappa shape index (κ1) is 17.7. The zero-order chi connectivity index (χ0) is 17.0. The number of thioether (sulfide) groups is 1. The summed E-state index contributed by atoms with van der Waals surface area (Å²) in [5.74, 6) is -0.457. The van der Waals surface area contributed by atoms with Crippen LogP contribution in [0.3, 0.4) is 0 Å². The number of hydrogen-bond acceptors (Lipinski definition) is 4. The summed E-state index contributed by atoms with van der Waals surface area (Å²) >= 11 is 1.35. The van der Waals surface area contributed by atoms with Crippen molar-refractivity contribution in [1.82, 2.24) is 15.1 Å². The molecule has 2 atom stereocenters. The van der Waals surface area contributed by atoms with E-state index in [0.717, 1.165) is 6.54 Å². The minimum Gasteiger partial charge on any atom is -0.353 e. The van der Waals surface area contributed by atoms with E-state index >= 15 is 0 Å². The van der Waals surface area contributed by atoms with Crippen molar-refractivity contribution in [3.05, 3.63) is 35.6 Å². The van der Waals surface area contributed by atoms with Crippen LogP contribution in [0.5, 0.6) is 0 Å². The summed E-state index contributed by atoms with van der Waals surface area (Å²) in [6.45, 7) is 2.91. The van der Waals surface area contributed by atoms with Gasteiger partial charge in [0.1, 0.15) is 17.2 Å². The fraction of sp³-hybridized carbons (Fsp3) is 0.500. The Morgan fingerprint density at radius 1 is 1.48 bits per heavy atom. The van der Waals surface area contributed by atoms with Crippen molar-refractivity contribution in [1.29, 1.82) is 0 Å². The number of amides is 2. The minimum absolute atomic E-state index is 0.140. The summed E-state index contributed by atoms with van der Waals surface area (Å²) in [4.78, 5) is 27.9. The number of carbonyl (C=O) groups excluding carboxylic acids is 2. The third kappa shape index (κ3) is 4.23. The van der Waals surface area contributed by atoms with E-state index in [1.165, 1.54) is 22.7 Å². The molecule has 126 valence electrons. The highest BCUT2D eigenvalue weighted by atomic mass is 32.2. The van der Waals surface area contributed by atoms with E-state index in [0.29, 0.717) is 12.1 Å². The quantitative estimate of drug-likeness (QED) is 0.853. The molecular weight excluding hydrogens is 317 g/mol. The summed E-state index contributed by atoms with van der Waals surface area (Å²) in [5.41, 5.74) is 0.441. The average Bonchev–Trinajstić information content (AvgIpc) is 2.88. The lowest BCUT2D eigenvalue weighted by molar-refractivity contribution is -0.137. The van der Waals surface area contributed by atoms with Crippen LogP contribution in [0, 0.1) is 5.82 Å². The maximum absolute atomic E-state index is 14.0. The summed E-state index contributed by atoms with van der Waals surface area (Å²) in [6.07, 6.45) is 0. The molecule has 0 bridgehead atoms. The summed E-state index contributed by atoms with van der Waals surface area (Å²) in [5, 5.41) is 2.36. The van der Waals surface area contributed by atoms with Crippen LogP contribution in [0.4, 0.5) is 4.39 Å². The van der Waals surface area contributed by atoms with E-state index in [-0.39, 0.29) is 23.4 Å². The van der Waals surface area contributed by atoms with Gasteiger partial charge in [0, 0.05) is 18.7 Å². The smallest absolute Gasteiger partial charge is 0.242 e. The normalized spacial score (nSPS) is 19.3. The second kappa shape index (κ2) is 7.79. The molecule has 0 saturated carbocycles. The highest BCUT2D eigenvalue weighted by Gasteiger charge is 2.39. The molecule has 1 aromatic rings. The van der Waals surface area contributed by atoms with Gasteiger partial charge in [-0.05, 0) is 27.1 Å². The van der Waals surface area contributed by atoms with Crippen molar-refractivity contribution in [3.8, 4) is 0 Å². The molecule has 5 nitrogen and oxygen atoms in total. The van der Waals surface area contributed by atoms with E-state index < -0.39 is 11.4 Å². The van der Waals surface area contributed by atoms with Crippen LogP contribution < -0.4 is 5.32 Å². The van der Waals surface area contributed by atoms with Gasteiger partial charge in [-0.3, -0.25) is 9.59 Å². The van der Waals surface area contributed by atoms with Crippen molar-refractivity contribution in [3.63, 3.8) is 0 Å². The molecular formula is C16H22FN3O2S. The first-order valence-corrected chi connectivity index (χ1v) is 8.56. The number of nitrogens with zero attached hydrogens (tertiary/aromatic N) is 2. The highest BCUT2D eigenvalue weighted by molar-refractivity contribution is 8.00. The molecule has 1 N–H and O–H groups in total. The van der Waals surface area contributed by atoms with E-state index in [9.17, 15) is 14.0 Å². The molecule has 1 fully saturated rings. The molecule has 1 saturated heterocycles. The Morgan fingerprint density at radius 2 is 2.17 bits per heavy atom. The van der Waals surface area contributed by atoms with Crippen LogP contribution in [0.2, 0.25) is 0 Å². The van der Waals surface area contributed by atoms with Gasteiger partial charge in [-0.15, -0.1) is 11.8 Å². The van der Waals surface area contributed by atoms with Crippen LogP contribution >= 0.6 is 11.8 Å². The Hall–Kier alpha value is -1.60. The van der Waals surface area contributed by atoms with Crippen LogP contribution in [-0.2, 0) is 9.59 Å². The molecule has 1 aliphatic heterocycles. The van der Waals surface area contributed by atoms with Gasteiger partial charge in [0.2, 0.25) is 11.8 Å². The zero-order valence-electron chi connectivity index (χ0n) is 13.6. The molecule has 0 radical (unpaired) electrons. The molecule has 2 rings (SSSR count). The van der Waals surface area contributed by atoms with E-state index in [1.54, 1.807) is 25.1 Å². The number of nitrogens with one attached hydrogen (secondary N) is 1. The zero-order valence-corrected chi connectivity index (χ0v) is 14.4. The molecule has 1 aliphatic rings. The SMILES string of the molecule is CC(C(=O)NCCN(C)C)N1C(=O)CSC1c1ccccc1F. The lowest BCUT2D eigenvalue weighted by Gasteiger charge is -2.29. The third-order valence-corrected chi connectivity index (χ3v) is 4.94. The largest absolute Gasteiger partial charge is 0.353 e. The molecule has 23 heavy (non-hydrogen) atoms. The monoisotopic (exact) mass is 339 g/mol. The Morgan fingerprint density at radius 3 is 2.83 bits per heavy atom. The van der Waals surface area contributed by atoms with E-state index in [4.69, 9.17) is 0 Å². The standard InChI is InChI=1S/C16H22FN3O2S/c1-11(15(22)18-8-9-19(2)3)20-14(21)10-23-16(20)12-6-4-5-7-13(12)17/h4-7,11,16H,8-10H2,1-3H3,(H,18,22). The summed E-state index contributed by atoms with van der Waals surface area (Å²) in [7, 11) is 3.84. The number of halogens is 1. The minimum atomic E-state index is -0.635. The van der Waals surface area contributed by atoms with Gasteiger partial charge < -0.3 is 15.1 Å². The molecule has 2 amide bonds. The number of likely N-dealkylation sites (N-methyl/N-ethyl adjacent to an activating group) is 1. The van der Waals surface area contributed by atoms with Crippen LogP contribution in [0.15, 0.2) is 24.3 Å². The Balaban J connectivity index is 2.10. The van der Waals surface area contributed by atoms with Crippen LogP contribution in [-0.4, -0.2) is 60.6 Å². The van der Waals surface area contributed by atoms with Gasteiger partial charge >= 0.3 is 0 Å². The number of hydrogen-bond donors (Lipinski definition) is 1. The number of carbonyl (C=O) groups is 2. The lowest BCUT2D eigenvalue weighted by atomic mass is 10.1. The summed E-state index contributed by atoms with van der Waals surface area (Å²) < 4.78 is 14.0. The van der Waals surface area contributed by atoms with Gasteiger partial charge in [-0.1, -0.05) is 18.2 Å². The molecule has 0 aromatic heterocycles. The van der Waals surface area contributed by atoms with Crippen molar-refractivity contribution in [2.75, 3.05) is 32.9 Å². The van der Waals surface area contributed by atoms with E-state index in [2.05, 4.69) is 5.32 Å². The maximum Gasteiger partial charge on any atom is 0.242 e. The van der Waals surface area contributed by atoms with E-state index in [1.807, 2.05) is 19.0 Å². The van der Waals surface area contributed by atoms with Crippen LogP contribution in [0.25, 0.3) is 0 Å². The van der Waals surface area contributed by atoms with Crippen LogP contribution in [0.1, 0.15) is 17.9 Å². The van der Waals surface area contributed by atoms with Gasteiger partial charge in [0.15, 0.2) is 0 Å². The van der Waals surface area contributed by atoms with Crippen molar-refractivity contribution in [2.24, 2.45) is 0 Å². The van der Waals surface area contributed by atoms with Crippen molar-refractivity contribution in [2.45, 2.75) is 18.3 Å².